The smallest absolute Gasteiger partial charge is 0.277 e. The van der Waals surface area contributed by atoms with E-state index in [1.165, 1.54) is 42.4 Å². The Balaban J connectivity index is 1.22. The van der Waals surface area contributed by atoms with Gasteiger partial charge in [-0.25, -0.2) is 18.7 Å². The molecule has 0 radical (unpaired) electrons. The van der Waals surface area contributed by atoms with E-state index in [4.69, 9.17) is 4.74 Å². The van der Waals surface area contributed by atoms with E-state index in [-0.39, 0.29) is 36.1 Å². The van der Waals surface area contributed by atoms with E-state index in [2.05, 4.69) is 20.3 Å². The highest BCUT2D eigenvalue weighted by Gasteiger charge is 2.13. The monoisotopic (exact) mass is 607 g/mol. The summed E-state index contributed by atoms with van der Waals surface area (Å²) in [7, 11) is 0. The summed E-state index contributed by atoms with van der Waals surface area (Å²) in [6.07, 6.45) is 11.7. The second-order valence-corrected chi connectivity index (χ2v) is 11.0. The van der Waals surface area contributed by atoms with Crippen LogP contribution in [0, 0.1) is 11.6 Å². The lowest BCUT2D eigenvalue weighted by molar-refractivity contribution is -0.122. The van der Waals surface area contributed by atoms with Gasteiger partial charge in [0.05, 0.1) is 6.61 Å². The minimum absolute atomic E-state index is 0.0224. The molecule has 2 aromatic heterocycles. The predicted octanol–water partition coefficient (Wildman–Crippen LogP) is 5.13. The zero-order valence-corrected chi connectivity index (χ0v) is 24.7. The number of hydrogen-bond donors (Lipinski definition) is 1. The number of thioether (sulfide) groups is 1. The highest BCUT2D eigenvalue weighted by atomic mass is 32.2. The average Bonchev–Trinajstić information content (AvgIpc) is 3.01. The maximum Gasteiger partial charge on any atom is 0.277 e. The van der Waals surface area contributed by atoms with Crippen LogP contribution in [0.25, 0.3) is 0 Å². The first-order valence-electron chi connectivity index (χ1n) is 14.3. The second kappa shape index (κ2) is 17.2. The number of unbranched alkanes of at least 4 members (excludes halogenated alkanes) is 3. The Bertz CT molecular complexity index is 1490. The molecule has 0 aliphatic rings. The van der Waals surface area contributed by atoms with Crippen molar-refractivity contribution in [3.8, 4) is 0 Å². The van der Waals surface area contributed by atoms with Gasteiger partial charge in [0, 0.05) is 49.5 Å². The Hall–Kier alpha value is -3.96. The third-order valence-electron chi connectivity index (χ3n) is 6.62. The minimum Gasteiger partial charge on any atom is -0.380 e. The molecule has 226 valence electrons. The third kappa shape index (κ3) is 11.3. The van der Waals surface area contributed by atoms with Crippen LogP contribution in [0.3, 0.4) is 0 Å². The molecule has 0 aliphatic heterocycles. The van der Waals surface area contributed by atoms with Crippen LogP contribution < -0.4 is 10.9 Å². The van der Waals surface area contributed by atoms with Gasteiger partial charge in [-0.2, -0.15) is 4.98 Å². The molecule has 0 fully saturated rings. The van der Waals surface area contributed by atoms with Gasteiger partial charge in [0.1, 0.15) is 24.5 Å². The average molecular weight is 608 g/mol. The van der Waals surface area contributed by atoms with Crippen LogP contribution in [-0.4, -0.2) is 45.2 Å². The van der Waals surface area contributed by atoms with E-state index < -0.39 is 0 Å². The van der Waals surface area contributed by atoms with Crippen LogP contribution >= 0.6 is 11.8 Å². The van der Waals surface area contributed by atoms with Crippen molar-refractivity contribution in [2.45, 2.75) is 56.0 Å². The molecule has 11 heteroatoms. The van der Waals surface area contributed by atoms with Crippen molar-refractivity contribution >= 4 is 17.7 Å². The van der Waals surface area contributed by atoms with Crippen molar-refractivity contribution in [1.82, 2.24) is 24.8 Å². The molecule has 0 unspecified atom stereocenters. The van der Waals surface area contributed by atoms with Crippen molar-refractivity contribution in [2.75, 3.05) is 19.8 Å². The van der Waals surface area contributed by atoms with Crippen molar-refractivity contribution < 1.29 is 18.3 Å². The molecule has 4 rings (SSSR count). The van der Waals surface area contributed by atoms with Crippen molar-refractivity contribution in [3.05, 3.63) is 118 Å². The SMILES string of the molecule is O=C(Cn1cc(Cc2cncnc2)c(=O)nc1SCc1ccc(F)cc1)NCCOCCCCCCc1ccc(F)cc1. The van der Waals surface area contributed by atoms with Crippen LogP contribution in [0.15, 0.2) is 83.4 Å². The fraction of sp³-hybridized carbons (Fsp3) is 0.344. The predicted molar refractivity (Wildman–Crippen MR) is 162 cm³/mol. The number of aryl methyl sites for hydroxylation is 1. The topological polar surface area (TPSA) is 99.0 Å². The number of hydrogen-bond acceptors (Lipinski definition) is 7. The zero-order chi connectivity index (χ0) is 30.3. The maximum absolute atomic E-state index is 13.3. The highest BCUT2D eigenvalue weighted by molar-refractivity contribution is 7.98. The van der Waals surface area contributed by atoms with Crippen LogP contribution in [-0.2, 0) is 34.7 Å². The second-order valence-electron chi connectivity index (χ2n) is 10.1. The number of rotatable bonds is 17. The van der Waals surface area contributed by atoms with E-state index in [9.17, 15) is 18.4 Å². The molecular weight excluding hydrogens is 572 g/mol. The largest absolute Gasteiger partial charge is 0.380 e. The quantitative estimate of drug-likeness (QED) is 0.101. The fourth-order valence-electron chi connectivity index (χ4n) is 4.35. The summed E-state index contributed by atoms with van der Waals surface area (Å²) in [4.78, 5) is 37.9. The number of carbonyl (C=O) groups is 1. The molecule has 0 aliphatic carbocycles. The first kappa shape index (κ1) is 32.0. The van der Waals surface area contributed by atoms with Gasteiger partial charge in [0.2, 0.25) is 5.91 Å². The maximum atomic E-state index is 13.3. The van der Waals surface area contributed by atoms with Crippen molar-refractivity contribution in [2.24, 2.45) is 0 Å². The van der Waals surface area contributed by atoms with Crippen LogP contribution in [0.1, 0.15) is 47.9 Å². The van der Waals surface area contributed by atoms with E-state index in [1.807, 2.05) is 12.1 Å². The highest BCUT2D eigenvalue weighted by Crippen LogP contribution is 2.21. The van der Waals surface area contributed by atoms with Gasteiger partial charge in [0.25, 0.3) is 5.56 Å². The molecule has 2 aromatic carbocycles. The molecule has 2 heterocycles. The summed E-state index contributed by atoms with van der Waals surface area (Å²) < 4.78 is 33.6. The number of benzene rings is 2. The number of nitrogens with zero attached hydrogens (tertiary/aromatic N) is 4. The lowest BCUT2D eigenvalue weighted by Gasteiger charge is -2.14. The summed E-state index contributed by atoms with van der Waals surface area (Å²) in [6.45, 7) is 1.36. The molecule has 1 amide bonds. The third-order valence-corrected chi connectivity index (χ3v) is 7.68. The normalized spacial score (nSPS) is 11.0. The summed E-state index contributed by atoms with van der Waals surface area (Å²) in [5.74, 6) is -0.304. The molecule has 4 aromatic rings. The Morgan fingerprint density at radius 2 is 1.53 bits per heavy atom. The standard InChI is InChI=1S/C32H35F2N5O3S/c33-28-10-6-24(7-11-28)5-3-1-2-4-15-42-16-14-37-30(40)21-39-20-27(17-26-18-35-23-36-19-26)31(41)38-32(39)43-22-25-8-12-29(34)13-9-25/h6-13,18-20,23H,1-5,14-17,21-22H2,(H,37,40). The number of ether oxygens (including phenoxy) is 1. The Morgan fingerprint density at radius 3 is 2.26 bits per heavy atom. The van der Waals surface area contributed by atoms with Gasteiger partial charge < -0.3 is 14.6 Å². The molecular formula is C32H35F2N5O3S. The summed E-state index contributed by atoms with van der Waals surface area (Å²) in [5, 5.41) is 3.26. The molecule has 0 saturated heterocycles. The van der Waals surface area contributed by atoms with E-state index in [0.717, 1.165) is 48.8 Å². The summed E-state index contributed by atoms with van der Waals surface area (Å²) >= 11 is 1.30. The van der Waals surface area contributed by atoms with Crippen molar-refractivity contribution in [3.63, 3.8) is 0 Å². The van der Waals surface area contributed by atoms with Gasteiger partial charge in [-0.1, -0.05) is 48.9 Å². The molecule has 0 saturated carbocycles. The molecule has 1 N–H and O–H groups in total. The number of carbonyl (C=O) groups excluding carboxylic acids is 1. The lowest BCUT2D eigenvalue weighted by atomic mass is 10.1. The molecule has 8 nitrogen and oxygen atoms in total. The molecule has 43 heavy (non-hydrogen) atoms. The lowest BCUT2D eigenvalue weighted by Crippen LogP contribution is -2.32. The molecule has 0 bridgehead atoms. The van der Waals surface area contributed by atoms with E-state index in [0.29, 0.717) is 36.2 Å². The molecule has 0 atom stereocenters. The van der Waals surface area contributed by atoms with E-state index >= 15 is 0 Å². The number of aromatic nitrogens is 4. The number of nitrogens with one attached hydrogen (secondary N) is 1. The van der Waals surface area contributed by atoms with Crippen LogP contribution in [0.4, 0.5) is 8.78 Å². The van der Waals surface area contributed by atoms with Crippen LogP contribution in [0.2, 0.25) is 0 Å². The summed E-state index contributed by atoms with van der Waals surface area (Å²) in [6, 6.07) is 12.8. The van der Waals surface area contributed by atoms with Crippen LogP contribution in [0.5, 0.6) is 0 Å². The van der Waals surface area contributed by atoms with E-state index in [1.54, 1.807) is 35.3 Å². The number of halogens is 2. The first-order valence-corrected chi connectivity index (χ1v) is 15.3. The van der Waals surface area contributed by atoms with Gasteiger partial charge in [0.15, 0.2) is 5.16 Å². The van der Waals surface area contributed by atoms with Gasteiger partial charge in [-0.05, 0) is 60.2 Å². The van der Waals surface area contributed by atoms with Gasteiger partial charge >= 0.3 is 0 Å². The Kier molecular flexibility index (Phi) is 12.8. The zero-order valence-electron chi connectivity index (χ0n) is 23.9. The van der Waals surface area contributed by atoms with Gasteiger partial charge in [-0.15, -0.1) is 0 Å². The first-order chi connectivity index (χ1) is 21.0. The minimum atomic E-state index is -0.383. The summed E-state index contributed by atoms with van der Waals surface area (Å²) in [5.41, 5.74) is 2.81. The Morgan fingerprint density at radius 1 is 0.860 bits per heavy atom. The number of amides is 1. The van der Waals surface area contributed by atoms with Gasteiger partial charge in [-0.3, -0.25) is 9.59 Å². The van der Waals surface area contributed by atoms with Crippen molar-refractivity contribution in [1.29, 1.82) is 0 Å². The fourth-order valence-corrected chi connectivity index (χ4v) is 5.27. The molecule has 0 spiro atoms. The Labute approximate surface area is 254 Å².